The SMILES string of the molecule is COc1cc(NC(=O)c2ccco2)c(C(=O)OCC(=O)N[C@@H](C)c2ccccc2)cc1OC. The van der Waals surface area contributed by atoms with Crippen LogP contribution in [-0.2, 0) is 9.53 Å². The number of esters is 1. The van der Waals surface area contributed by atoms with Gasteiger partial charge in [-0.2, -0.15) is 0 Å². The Morgan fingerprint density at radius 2 is 1.67 bits per heavy atom. The van der Waals surface area contributed by atoms with E-state index in [-0.39, 0.29) is 28.8 Å². The van der Waals surface area contributed by atoms with Gasteiger partial charge in [-0.05, 0) is 24.6 Å². The van der Waals surface area contributed by atoms with E-state index >= 15 is 0 Å². The molecule has 3 aromatic rings. The third-order valence-corrected chi connectivity index (χ3v) is 4.75. The van der Waals surface area contributed by atoms with Gasteiger partial charge in [0.15, 0.2) is 23.9 Å². The van der Waals surface area contributed by atoms with Crippen molar-refractivity contribution in [2.45, 2.75) is 13.0 Å². The van der Waals surface area contributed by atoms with E-state index in [0.29, 0.717) is 5.75 Å². The molecule has 0 unspecified atom stereocenters. The summed E-state index contributed by atoms with van der Waals surface area (Å²) in [6, 6.07) is 15.0. The van der Waals surface area contributed by atoms with Crippen LogP contribution < -0.4 is 20.1 Å². The minimum absolute atomic E-state index is 0.0172. The molecule has 1 heterocycles. The Balaban J connectivity index is 1.73. The molecule has 0 saturated heterocycles. The van der Waals surface area contributed by atoms with Crippen molar-refractivity contribution < 1.29 is 33.0 Å². The smallest absolute Gasteiger partial charge is 0.340 e. The highest BCUT2D eigenvalue weighted by Crippen LogP contribution is 2.34. The van der Waals surface area contributed by atoms with Gasteiger partial charge in [0.2, 0.25) is 0 Å². The maximum absolute atomic E-state index is 12.8. The second-order valence-electron chi connectivity index (χ2n) is 6.96. The van der Waals surface area contributed by atoms with Gasteiger partial charge in [0.1, 0.15) is 0 Å². The monoisotopic (exact) mass is 452 g/mol. The van der Waals surface area contributed by atoms with Crippen LogP contribution in [-0.4, -0.2) is 38.6 Å². The summed E-state index contributed by atoms with van der Waals surface area (Å²) in [5, 5.41) is 5.36. The Labute approximate surface area is 190 Å². The van der Waals surface area contributed by atoms with Crippen LogP contribution in [0.1, 0.15) is 39.4 Å². The number of rotatable bonds is 9. The van der Waals surface area contributed by atoms with E-state index in [0.717, 1.165) is 5.56 Å². The topological polar surface area (TPSA) is 116 Å². The molecular formula is C24H24N2O7. The predicted molar refractivity (Wildman–Crippen MR) is 119 cm³/mol. The van der Waals surface area contributed by atoms with Gasteiger partial charge in [0.25, 0.3) is 11.8 Å². The molecule has 3 rings (SSSR count). The lowest BCUT2D eigenvalue weighted by atomic mass is 10.1. The molecule has 33 heavy (non-hydrogen) atoms. The quantitative estimate of drug-likeness (QED) is 0.477. The van der Waals surface area contributed by atoms with Crippen molar-refractivity contribution >= 4 is 23.5 Å². The van der Waals surface area contributed by atoms with E-state index < -0.39 is 24.4 Å². The van der Waals surface area contributed by atoms with Crippen LogP contribution in [0.2, 0.25) is 0 Å². The standard InChI is InChI=1S/C24H24N2O7/c1-15(16-8-5-4-6-9-16)25-22(27)14-33-24(29)17-12-20(30-2)21(31-3)13-18(17)26-23(28)19-10-7-11-32-19/h4-13,15H,14H2,1-3H3,(H,25,27)(H,26,28)/t15-/m0/s1. The Morgan fingerprint density at radius 1 is 0.970 bits per heavy atom. The fourth-order valence-electron chi connectivity index (χ4n) is 3.06. The van der Waals surface area contributed by atoms with Crippen LogP contribution >= 0.6 is 0 Å². The molecule has 9 nitrogen and oxygen atoms in total. The van der Waals surface area contributed by atoms with Crippen LogP contribution in [0.25, 0.3) is 0 Å². The van der Waals surface area contributed by atoms with Crippen molar-refractivity contribution in [3.05, 3.63) is 77.7 Å². The summed E-state index contributed by atoms with van der Waals surface area (Å²) in [6.07, 6.45) is 1.35. The summed E-state index contributed by atoms with van der Waals surface area (Å²) < 4.78 is 20.8. The maximum atomic E-state index is 12.8. The number of ether oxygens (including phenoxy) is 3. The zero-order chi connectivity index (χ0) is 23.8. The molecule has 0 radical (unpaired) electrons. The average molecular weight is 452 g/mol. The zero-order valence-corrected chi connectivity index (χ0v) is 18.4. The Kier molecular flexibility index (Phi) is 7.69. The highest BCUT2D eigenvalue weighted by Gasteiger charge is 2.22. The van der Waals surface area contributed by atoms with Crippen molar-refractivity contribution in [3.8, 4) is 11.5 Å². The number of benzene rings is 2. The summed E-state index contributed by atoms with van der Waals surface area (Å²) in [5.41, 5.74) is 1.01. The number of furan rings is 1. The first-order chi connectivity index (χ1) is 15.9. The summed E-state index contributed by atoms with van der Waals surface area (Å²) in [7, 11) is 2.83. The van der Waals surface area contributed by atoms with Gasteiger partial charge in [-0.25, -0.2) is 4.79 Å². The molecule has 0 aliphatic rings. The number of carbonyl (C=O) groups excluding carboxylic acids is 3. The van der Waals surface area contributed by atoms with Crippen molar-refractivity contribution in [2.24, 2.45) is 0 Å². The van der Waals surface area contributed by atoms with E-state index in [1.54, 1.807) is 6.07 Å². The van der Waals surface area contributed by atoms with Crippen LogP contribution in [0, 0.1) is 0 Å². The maximum Gasteiger partial charge on any atom is 0.340 e. The molecule has 172 valence electrons. The summed E-state index contributed by atoms with van der Waals surface area (Å²) in [4.78, 5) is 37.5. The third kappa shape index (κ3) is 5.91. The van der Waals surface area contributed by atoms with Crippen molar-refractivity contribution in [1.29, 1.82) is 0 Å². The summed E-state index contributed by atoms with van der Waals surface area (Å²) in [6.45, 7) is 1.32. The van der Waals surface area contributed by atoms with Gasteiger partial charge in [-0.15, -0.1) is 0 Å². The number of amides is 2. The van der Waals surface area contributed by atoms with E-state index in [2.05, 4.69) is 10.6 Å². The molecule has 0 aliphatic heterocycles. The first-order valence-corrected chi connectivity index (χ1v) is 10.0. The molecular weight excluding hydrogens is 428 g/mol. The molecule has 2 amide bonds. The molecule has 0 aliphatic carbocycles. The number of anilines is 1. The Morgan fingerprint density at radius 3 is 2.30 bits per heavy atom. The lowest BCUT2D eigenvalue weighted by Gasteiger charge is -2.16. The minimum Gasteiger partial charge on any atom is -0.493 e. The lowest BCUT2D eigenvalue weighted by Crippen LogP contribution is -2.31. The van der Waals surface area contributed by atoms with Crippen LogP contribution in [0.4, 0.5) is 5.69 Å². The molecule has 0 fully saturated rings. The highest BCUT2D eigenvalue weighted by atomic mass is 16.5. The van der Waals surface area contributed by atoms with Crippen molar-refractivity contribution in [2.75, 3.05) is 26.1 Å². The number of carbonyl (C=O) groups is 3. The summed E-state index contributed by atoms with van der Waals surface area (Å²) >= 11 is 0. The van der Waals surface area contributed by atoms with Crippen LogP contribution in [0.3, 0.4) is 0 Å². The van der Waals surface area contributed by atoms with Gasteiger partial charge < -0.3 is 29.3 Å². The zero-order valence-electron chi connectivity index (χ0n) is 18.4. The van der Waals surface area contributed by atoms with Gasteiger partial charge in [-0.1, -0.05) is 30.3 Å². The second-order valence-corrected chi connectivity index (χ2v) is 6.96. The lowest BCUT2D eigenvalue weighted by molar-refractivity contribution is -0.124. The molecule has 0 saturated carbocycles. The first-order valence-electron chi connectivity index (χ1n) is 10.0. The molecule has 9 heteroatoms. The fraction of sp³-hybridized carbons (Fsp3) is 0.208. The summed E-state index contributed by atoms with van der Waals surface area (Å²) in [5.74, 6) is -1.27. The molecule has 2 N–H and O–H groups in total. The Hall–Kier alpha value is -4.27. The fourth-order valence-corrected chi connectivity index (χ4v) is 3.06. The molecule has 1 atom stereocenters. The normalized spacial score (nSPS) is 11.2. The van der Waals surface area contributed by atoms with Crippen molar-refractivity contribution in [3.63, 3.8) is 0 Å². The van der Waals surface area contributed by atoms with Gasteiger partial charge in [0.05, 0.1) is 37.8 Å². The predicted octanol–water partition coefficient (Wildman–Crippen LogP) is 3.58. The molecule has 0 spiro atoms. The van der Waals surface area contributed by atoms with Gasteiger partial charge in [-0.3, -0.25) is 9.59 Å². The second kappa shape index (κ2) is 10.9. The van der Waals surface area contributed by atoms with E-state index in [1.807, 2.05) is 37.3 Å². The number of hydrogen-bond donors (Lipinski definition) is 2. The van der Waals surface area contributed by atoms with E-state index in [4.69, 9.17) is 18.6 Å². The number of nitrogens with one attached hydrogen (secondary N) is 2. The van der Waals surface area contributed by atoms with Crippen LogP contribution in [0.15, 0.2) is 65.3 Å². The number of methoxy groups -OCH3 is 2. The third-order valence-electron chi connectivity index (χ3n) is 4.75. The van der Waals surface area contributed by atoms with Gasteiger partial charge in [0, 0.05) is 12.1 Å². The molecule has 1 aromatic heterocycles. The first kappa shape index (κ1) is 23.4. The minimum atomic E-state index is -0.826. The highest BCUT2D eigenvalue weighted by molar-refractivity contribution is 6.07. The van der Waals surface area contributed by atoms with Crippen LogP contribution in [0.5, 0.6) is 11.5 Å². The average Bonchev–Trinajstić information content (AvgIpc) is 3.38. The van der Waals surface area contributed by atoms with E-state index in [1.165, 1.54) is 38.7 Å². The number of hydrogen-bond acceptors (Lipinski definition) is 7. The molecule has 2 aromatic carbocycles. The Bertz CT molecular complexity index is 1110. The van der Waals surface area contributed by atoms with Gasteiger partial charge >= 0.3 is 5.97 Å². The van der Waals surface area contributed by atoms with E-state index in [9.17, 15) is 14.4 Å². The van der Waals surface area contributed by atoms with Crippen molar-refractivity contribution in [1.82, 2.24) is 5.32 Å². The molecule has 0 bridgehead atoms. The largest absolute Gasteiger partial charge is 0.493 e.